The van der Waals surface area contributed by atoms with E-state index in [9.17, 15) is 30.0 Å². The maximum atomic E-state index is 11.9. The number of aryl methyl sites for hydroxylation is 1. The van der Waals surface area contributed by atoms with Crippen molar-refractivity contribution in [3.8, 4) is 17.2 Å². The first-order valence-electron chi connectivity index (χ1n) is 7.68. The predicted octanol–water partition coefficient (Wildman–Crippen LogP) is 2.36. The second-order valence-electron chi connectivity index (χ2n) is 5.67. The van der Waals surface area contributed by atoms with E-state index >= 15 is 0 Å². The number of carboxylic acids is 1. The fourth-order valence-corrected chi connectivity index (χ4v) is 2.23. The zero-order valence-corrected chi connectivity index (χ0v) is 13.9. The second-order valence-corrected chi connectivity index (χ2v) is 5.67. The molecule has 0 amide bonds. The smallest absolute Gasteiger partial charge is 0.345 e. The Hall–Kier alpha value is -3.48. The van der Waals surface area contributed by atoms with Gasteiger partial charge < -0.3 is 25.2 Å². The minimum absolute atomic E-state index is 0.0456. The molecule has 2 rings (SSSR count). The Morgan fingerprint density at radius 3 is 2.35 bits per heavy atom. The van der Waals surface area contributed by atoms with Gasteiger partial charge >= 0.3 is 11.9 Å². The van der Waals surface area contributed by atoms with Gasteiger partial charge in [0.25, 0.3) is 0 Å². The highest BCUT2D eigenvalue weighted by Gasteiger charge is 2.22. The van der Waals surface area contributed by atoms with Gasteiger partial charge in [-0.15, -0.1) is 0 Å². The van der Waals surface area contributed by atoms with E-state index in [1.807, 2.05) is 0 Å². The molecule has 0 aliphatic rings. The molecule has 0 radical (unpaired) electrons. The Kier molecular flexibility index (Phi) is 5.85. The Balaban J connectivity index is 2.05. The molecule has 2 aromatic rings. The molecule has 7 nitrogen and oxygen atoms in total. The van der Waals surface area contributed by atoms with E-state index in [1.54, 1.807) is 19.1 Å². The Morgan fingerprint density at radius 1 is 1.04 bits per heavy atom. The summed E-state index contributed by atoms with van der Waals surface area (Å²) in [5, 5.41) is 37.4. The van der Waals surface area contributed by atoms with Gasteiger partial charge in [-0.05, 0) is 47.9 Å². The molecule has 0 spiro atoms. The summed E-state index contributed by atoms with van der Waals surface area (Å²) < 4.78 is 4.96. The zero-order valence-electron chi connectivity index (χ0n) is 13.9. The number of carbonyl (C=O) groups is 2. The lowest BCUT2D eigenvalue weighted by atomic mass is 10.0. The van der Waals surface area contributed by atoms with Crippen LogP contribution in [-0.2, 0) is 20.7 Å². The van der Waals surface area contributed by atoms with Crippen LogP contribution in [0.4, 0.5) is 0 Å². The Labute approximate surface area is 149 Å². The summed E-state index contributed by atoms with van der Waals surface area (Å²) in [7, 11) is 0. The van der Waals surface area contributed by atoms with Crippen LogP contribution in [0.1, 0.15) is 16.7 Å². The highest BCUT2D eigenvalue weighted by molar-refractivity contribution is 5.89. The first-order chi connectivity index (χ1) is 12.3. The molecular formula is C19H18O7. The number of phenols is 3. The highest BCUT2D eigenvalue weighted by Crippen LogP contribution is 2.25. The van der Waals surface area contributed by atoms with E-state index < -0.39 is 18.0 Å². The monoisotopic (exact) mass is 358 g/mol. The molecule has 0 saturated heterocycles. The lowest BCUT2D eigenvalue weighted by Crippen LogP contribution is -2.28. The van der Waals surface area contributed by atoms with Crippen LogP contribution in [0.2, 0.25) is 0 Å². The van der Waals surface area contributed by atoms with Crippen LogP contribution in [0.15, 0.2) is 42.5 Å². The SMILES string of the molecule is Cc1cc(CC(OC(=O)C=Cc2ccc(O)c(O)c2)C(=O)O)ccc1O. The summed E-state index contributed by atoms with van der Waals surface area (Å²) in [4.78, 5) is 23.2. The minimum atomic E-state index is -1.38. The fraction of sp³-hybridized carbons (Fsp3) is 0.158. The molecule has 1 atom stereocenters. The average molecular weight is 358 g/mol. The van der Waals surface area contributed by atoms with Crippen LogP contribution >= 0.6 is 0 Å². The van der Waals surface area contributed by atoms with Crippen molar-refractivity contribution < 1.29 is 34.8 Å². The van der Waals surface area contributed by atoms with Gasteiger partial charge in [0.1, 0.15) is 5.75 Å². The predicted molar refractivity (Wildman–Crippen MR) is 92.9 cm³/mol. The van der Waals surface area contributed by atoms with E-state index in [-0.39, 0.29) is 23.7 Å². The van der Waals surface area contributed by atoms with Gasteiger partial charge in [0.05, 0.1) is 0 Å². The van der Waals surface area contributed by atoms with Crippen LogP contribution in [0.25, 0.3) is 6.08 Å². The number of carbonyl (C=O) groups excluding carboxylic acids is 1. The van der Waals surface area contributed by atoms with Gasteiger partial charge in [-0.1, -0.05) is 18.2 Å². The van der Waals surface area contributed by atoms with Crippen molar-refractivity contribution in [2.24, 2.45) is 0 Å². The molecule has 26 heavy (non-hydrogen) atoms. The Bertz CT molecular complexity index is 855. The summed E-state index contributed by atoms with van der Waals surface area (Å²) >= 11 is 0. The summed E-state index contributed by atoms with van der Waals surface area (Å²) in [5.41, 5.74) is 1.62. The van der Waals surface area contributed by atoms with Crippen LogP contribution in [0, 0.1) is 6.92 Å². The molecule has 0 aliphatic heterocycles. The third kappa shape index (κ3) is 5.01. The summed E-state index contributed by atoms with van der Waals surface area (Å²) in [6.07, 6.45) is 0.926. The summed E-state index contributed by atoms with van der Waals surface area (Å²) in [6, 6.07) is 8.59. The second kappa shape index (κ2) is 8.06. The normalized spacial score (nSPS) is 12.0. The molecule has 136 valence electrons. The number of hydrogen-bond acceptors (Lipinski definition) is 6. The summed E-state index contributed by atoms with van der Waals surface area (Å²) in [5.74, 6) is -2.69. The number of aliphatic carboxylic acids is 1. The van der Waals surface area contributed by atoms with E-state index in [2.05, 4.69) is 0 Å². The van der Waals surface area contributed by atoms with Gasteiger partial charge in [-0.25, -0.2) is 9.59 Å². The van der Waals surface area contributed by atoms with Gasteiger partial charge in [0.15, 0.2) is 11.5 Å². The molecule has 4 N–H and O–H groups in total. The van der Waals surface area contributed by atoms with Gasteiger partial charge in [-0.2, -0.15) is 0 Å². The molecular weight excluding hydrogens is 340 g/mol. The molecule has 7 heteroatoms. The maximum absolute atomic E-state index is 11.9. The lowest BCUT2D eigenvalue weighted by molar-refractivity contribution is -0.160. The van der Waals surface area contributed by atoms with Crippen molar-refractivity contribution >= 4 is 18.0 Å². The minimum Gasteiger partial charge on any atom is -0.508 e. The zero-order chi connectivity index (χ0) is 19.3. The van der Waals surface area contributed by atoms with Crippen molar-refractivity contribution in [3.05, 3.63) is 59.2 Å². The Morgan fingerprint density at radius 2 is 1.73 bits per heavy atom. The lowest BCUT2D eigenvalue weighted by Gasteiger charge is -2.13. The maximum Gasteiger partial charge on any atom is 0.345 e. The number of esters is 1. The molecule has 0 saturated carbocycles. The first kappa shape index (κ1) is 18.9. The molecule has 0 bridgehead atoms. The number of rotatable bonds is 6. The molecule has 1 unspecified atom stereocenters. The fourth-order valence-electron chi connectivity index (χ4n) is 2.23. The van der Waals surface area contributed by atoms with Crippen LogP contribution in [0.3, 0.4) is 0 Å². The molecule has 2 aromatic carbocycles. The van der Waals surface area contributed by atoms with Crippen molar-refractivity contribution in [1.82, 2.24) is 0 Å². The van der Waals surface area contributed by atoms with Gasteiger partial charge in [0, 0.05) is 12.5 Å². The van der Waals surface area contributed by atoms with Crippen LogP contribution in [-0.4, -0.2) is 38.5 Å². The summed E-state index contributed by atoms with van der Waals surface area (Å²) in [6.45, 7) is 1.68. The van der Waals surface area contributed by atoms with E-state index in [0.29, 0.717) is 16.7 Å². The molecule has 0 heterocycles. The number of aromatic hydroxyl groups is 3. The van der Waals surface area contributed by atoms with Crippen molar-refractivity contribution in [2.75, 3.05) is 0 Å². The number of phenolic OH excluding ortho intramolecular Hbond substituents is 3. The van der Waals surface area contributed by atoms with Gasteiger partial charge in [-0.3, -0.25) is 0 Å². The standard InChI is InChI=1S/C19H18O7/c1-11-8-13(3-5-14(11)20)10-17(19(24)25)26-18(23)7-4-12-2-6-15(21)16(22)9-12/h2-9,17,20-22H,10H2,1H3,(H,24,25). The number of benzene rings is 2. The largest absolute Gasteiger partial charge is 0.508 e. The molecule has 0 aromatic heterocycles. The van der Waals surface area contributed by atoms with Crippen molar-refractivity contribution in [3.63, 3.8) is 0 Å². The first-order valence-corrected chi connectivity index (χ1v) is 7.68. The number of ether oxygens (including phenoxy) is 1. The van der Waals surface area contributed by atoms with Crippen molar-refractivity contribution in [1.29, 1.82) is 0 Å². The average Bonchev–Trinajstić information content (AvgIpc) is 2.58. The molecule has 0 fully saturated rings. The number of hydrogen-bond donors (Lipinski definition) is 4. The topological polar surface area (TPSA) is 124 Å². The van der Waals surface area contributed by atoms with E-state index in [0.717, 1.165) is 6.08 Å². The van der Waals surface area contributed by atoms with E-state index in [4.69, 9.17) is 4.74 Å². The van der Waals surface area contributed by atoms with Crippen LogP contribution in [0.5, 0.6) is 17.2 Å². The number of carboxylic acid groups (broad SMARTS) is 1. The highest BCUT2D eigenvalue weighted by atomic mass is 16.6. The van der Waals surface area contributed by atoms with Crippen LogP contribution < -0.4 is 0 Å². The van der Waals surface area contributed by atoms with Crippen molar-refractivity contribution in [2.45, 2.75) is 19.4 Å². The third-order valence-corrected chi connectivity index (χ3v) is 3.63. The van der Waals surface area contributed by atoms with Gasteiger partial charge in [0.2, 0.25) is 6.10 Å². The quantitative estimate of drug-likeness (QED) is 0.355. The van der Waals surface area contributed by atoms with E-state index in [1.165, 1.54) is 30.3 Å². The third-order valence-electron chi connectivity index (χ3n) is 3.63. The molecule has 0 aliphatic carbocycles.